The Hall–Kier alpha value is -1.10. The summed E-state index contributed by atoms with van der Waals surface area (Å²) in [6, 6.07) is -1.14. The average molecular weight is 256 g/mol. The van der Waals surface area contributed by atoms with Gasteiger partial charge >= 0.3 is 5.97 Å². The molecule has 104 valence electrons. The van der Waals surface area contributed by atoms with Crippen LogP contribution in [0.2, 0.25) is 0 Å². The second kappa shape index (κ2) is 7.36. The lowest BCUT2D eigenvalue weighted by Crippen LogP contribution is -2.51. The highest BCUT2D eigenvalue weighted by atomic mass is 16.5. The number of nitrogens with two attached hydrogens (primary N) is 1. The van der Waals surface area contributed by atoms with E-state index in [-0.39, 0.29) is 12.6 Å². The molecule has 5 heteroatoms. The second-order valence-corrected chi connectivity index (χ2v) is 4.93. The van der Waals surface area contributed by atoms with E-state index in [1.807, 2.05) is 6.92 Å². The van der Waals surface area contributed by atoms with E-state index < -0.39 is 17.9 Å². The molecule has 5 nitrogen and oxygen atoms in total. The van der Waals surface area contributed by atoms with Crippen LogP contribution in [0.15, 0.2) is 0 Å². The summed E-state index contributed by atoms with van der Waals surface area (Å²) in [6.07, 6.45) is 5.98. The Kier molecular flexibility index (Phi) is 6.12. The molecule has 0 radical (unpaired) electrons. The summed E-state index contributed by atoms with van der Waals surface area (Å²) in [6.45, 7) is 3.90. The van der Waals surface area contributed by atoms with Crippen molar-refractivity contribution in [3.8, 4) is 0 Å². The number of hydrogen-bond acceptors (Lipinski definition) is 4. The molecule has 0 aromatic carbocycles. The number of nitrogens with one attached hydrogen (secondary N) is 1. The summed E-state index contributed by atoms with van der Waals surface area (Å²) in [4.78, 5) is 23.1. The first kappa shape index (κ1) is 15.0. The van der Waals surface area contributed by atoms with E-state index in [9.17, 15) is 9.59 Å². The van der Waals surface area contributed by atoms with Gasteiger partial charge in [0.1, 0.15) is 0 Å². The Balaban J connectivity index is 2.40. The van der Waals surface area contributed by atoms with Crippen LogP contribution in [0.5, 0.6) is 0 Å². The van der Waals surface area contributed by atoms with Crippen molar-refractivity contribution in [3.05, 3.63) is 0 Å². The maximum Gasteiger partial charge on any atom is 0.332 e. The zero-order valence-corrected chi connectivity index (χ0v) is 11.3. The third-order valence-electron chi connectivity index (χ3n) is 3.55. The maximum atomic E-state index is 11.8. The molecule has 1 fully saturated rings. The topological polar surface area (TPSA) is 81.4 Å². The molecular weight excluding hydrogens is 232 g/mol. The van der Waals surface area contributed by atoms with Crippen molar-refractivity contribution < 1.29 is 14.3 Å². The summed E-state index contributed by atoms with van der Waals surface area (Å²) in [5, 5.41) is 2.82. The van der Waals surface area contributed by atoms with Gasteiger partial charge in [-0.2, -0.15) is 0 Å². The lowest BCUT2D eigenvalue weighted by molar-refractivity contribution is -0.148. The minimum Gasteiger partial charge on any atom is -0.464 e. The van der Waals surface area contributed by atoms with Gasteiger partial charge in [0.2, 0.25) is 5.91 Å². The van der Waals surface area contributed by atoms with Crippen molar-refractivity contribution in [1.82, 2.24) is 5.32 Å². The first-order valence-electron chi connectivity index (χ1n) is 6.78. The summed E-state index contributed by atoms with van der Waals surface area (Å²) in [7, 11) is 0. The van der Waals surface area contributed by atoms with Crippen LogP contribution in [-0.2, 0) is 14.3 Å². The third-order valence-corrected chi connectivity index (χ3v) is 3.55. The lowest BCUT2D eigenvalue weighted by Gasteiger charge is -2.28. The van der Waals surface area contributed by atoms with Gasteiger partial charge in [0.25, 0.3) is 0 Å². The molecule has 1 amide bonds. The molecule has 1 aliphatic rings. The van der Waals surface area contributed by atoms with Crippen molar-refractivity contribution in [3.63, 3.8) is 0 Å². The van der Waals surface area contributed by atoms with E-state index in [1.165, 1.54) is 19.3 Å². The van der Waals surface area contributed by atoms with E-state index in [2.05, 4.69) is 5.32 Å². The van der Waals surface area contributed by atoms with Crippen LogP contribution in [0, 0.1) is 5.92 Å². The highest BCUT2D eigenvalue weighted by molar-refractivity contribution is 6.01. The minimum absolute atomic E-state index is 0.0678. The SMILES string of the molecule is CCOC(=O)C(N)C(=O)N[C@@H](C)C1CCCCC1. The summed E-state index contributed by atoms with van der Waals surface area (Å²) in [5.74, 6) is -0.602. The molecule has 0 aromatic heterocycles. The van der Waals surface area contributed by atoms with Crippen molar-refractivity contribution in [1.29, 1.82) is 0 Å². The second-order valence-electron chi connectivity index (χ2n) is 4.93. The fraction of sp³-hybridized carbons (Fsp3) is 0.846. The third kappa shape index (κ3) is 4.29. The molecule has 1 aliphatic carbocycles. The van der Waals surface area contributed by atoms with Gasteiger partial charge in [0, 0.05) is 6.04 Å². The van der Waals surface area contributed by atoms with Crippen LogP contribution in [0.3, 0.4) is 0 Å². The lowest BCUT2D eigenvalue weighted by atomic mass is 9.84. The molecule has 18 heavy (non-hydrogen) atoms. The molecule has 0 heterocycles. The number of amides is 1. The van der Waals surface area contributed by atoms with Crippen molar-refractivity contribution >= 4 is 11.9 Å². The van der Waals surface area contributed by atoms with Crippen LogP contribution in [0.4, 0.5) is 0 Å². The summed E-state index contributed by atoms with van der Waals surface area (Å²) in [5.41, 5.74) is 5.54. The highest BCUT2D eigenvalue weighted by Gasteiger charge is 2.27. The van der Waals surface area contributed by atoms with Crippen LogP contribution >= 0.6 is 0 Å². The Morgan fingerprint density at radius 1 is 1.33 bits per heavy atom. The van der Waals surface area contributed by atoms with Gasteiger partial charge in [-0.25, -0.2) is 4.79 Å². The van der Waals surface area contributed by atoms with Crippen molar-refractivity contribution in [2.45, 2.75) is 58.0 Å². The minimum atomic E-state index is -1.21. The summed E-state index contributed by atoms with van der Waals surface area (Å²) >= 11 is 0. The molecular formula is C13H24N2O3. The van der Waals surface area contributed by atoms with Crippen LogP contribution < -0.4 is 11.1 Å². The fourth-order valence-corrected chi connectivity index (χ4v) is 2.41. The highest BCUT2D eigenvalue weighted by Crippen LogP contribution is 2.26. The number of carbonyl (C=O) groups is 2. The van der Waals surface area contributed by atoms with Gasteiger partial charge in [-0.3, -0.25) is 4.79 Å². The predicted octanol–water partition coefficient (Wildman–Crippen LogP) is 0.962. The average Bonchev–Trinajstić information content (AvgIpc) is 2.39. The number of rotatable bonds is 5. The van der Waals surface area contributed by atoms with Gasteiger partial charge in [0.05, 0.1) is 6.61 Å². The molecule has 0 saturated heterocycles. The Bertz CT molecular complexity index is 288. The van der Waals surface area contributed by atoms with Crippen molar-refractivity contribution in [2.75, 3.05) is 6.61 Å². The first-order valence-corrected chi connectivity index (χ1v) is 6.78. The normalized spacial score (nSPS) is 19.9. The fourth-order valence-electron chi connectivity index (χ4n) is 2.41. The van der Waals surface area contributed by atoms with Gasteiger partial charge in [-0.1, -0.05) is 19.3 Å². The van der Waals surface area contributed by atoms with E-state index in [4.69, 9.17) is 10.5 Å². The van der Waals surface area contributed by atoms with Gasteiger partial charge in [-0.15, -0.1) is 0 Å². The van der Waals surface area contributed by atoms with E-state index in [1.54, 1.807) is 6.92 Å². The zero-order valence-electron chi connectivity index (χ0n) is 11.3. The monoisotopic (exact) mass is 256 g/mol. The zero-order chi connectivity index (χ0) is 13.5. The number of ether oxygens (including phenoxy) is 1. The molecule has 0 spiro atoms. The number of esters is 1. The van der Waals surface area contributed by atoms with E-state index >= 15 is 0 Å². The molecule has 0 bridgehead atoms. The molecule has 3 N–H and O–H groups in total. The quantitative estimate of drug-likeness (QED) is 0.567. The van der Waals surface area contributed by atoms with Crippen molar-refractivity contribution in [2.24, 2.45) is 11.7 Å². The van der Waals surface area contributed by atoms with E-state index in [0.29, 0.717) is 5.92 Å². The Morgan fingerprint density at radius 3 is 2.50 bits per heavy atom. The van der Waals surface area contributed by atoms with Crippen LogP contribution in [0.25, 0.3) is 0 Å². The molecule has 2 atom stereocenters. The maximum absolute atomic E-state index is 11.8. The Labute approximate surface area is 108 Å². The van der Waals surface area contributed by atoms with Gasteiger partial charge < -0.3 is 15.8 Å². The standard InChI is InChI=1S/C13H24N2O3/c1-3-18-13(17)11(14)12(16)15-9(2)10-7-5-4-6-8-10/h9-11H,3-8,14H2,1-2H3,(H,15,16)/t9-,11?/m0/s1. The van der Waals surface area contributed by atoms with Gasteiger partial charge in [-0.05, 0) is 32.6 Å². The van der Waals surface area contributed by atoms with Crippen LogP contribution in [0.1, 0.15) is 46.0 Å². The largest absolute Gasteiger partial charge is 0.464 e. The molecule has 1 saturated carbocycles. The van der Waals surface area contributed by atoms with Crippen LogP contribution in [-0.4, -0.2) is 30.6 Å². The first-order chi connectivity index (χ1) is 8.56. The molecule has 1 unspecified atom stereocenters. The summed E-state index contributed by atoms with van der Waals surface area (Å²) < 4.78 is 4.73. The smallest absolute Gasteiger partial charge is 0.332 e. The van der Waals surface area contributed by atoms with Gasteiger partial charge in [0.15, 0.2) is 6.04 Å². The van der Waals surface area contributed by atoms with E-state index in [0.717, 1.165) is 12.8 Å². The Morgan fingerprint density at radius 2 is 1.94 bits per heavy atom. The number of hydrogen-bond donors (Lipinski definition) is 2. The molecule has 1 rings (SSSR count). The molecule has 0 aliphatic heterocycles. The number of carbonyl (C=O) groups excluding carboxylic acids is 2. The molecule has 0 aromatic rings. The predicted molar refractivity (Wildman–Crippen MR) is 68.8 cm³/mol.